The number of benzene rings is 2. The van der Waals surface area contributed by atoms with Crippen LogP contribution in [0.5, 0.6) is 0 Å². The van der Waals surface area contributed by atoms with Crippen molar-refractivity contribution in [3.05, 3.63) is 81.3 Å². The summed E-state index contributed by atoms with van der Waals surface area (Å²) < 4.78 is 54.3. The second kappa shape index (κ2) is 7.64. The zero-order valence-corrected chi connectivity index (χ0v) is 18.1. The van der Waals surface area contributed by atoms with E-state index in [4.69, 9.17) is 0 Å². The molecule has 31 heavy (non-hydrogen) atoms. The average Bonchev–Trinajstić information content (AvgIpc) is 2.68. The second-order valence-electron chi connectivity index (χ2n) is 7.20. The maximum Gasteiger partial charge on any atom is 0.416 e. The minimum absolute atomic E-state index is 0.0355. The Bertz CT molecular complexity index is 1200. The number of anilines is 3. The molecule has 1 aliphatic heterocycles. The molecular formula is C22H16BrF4N3O. The number of rotatable bonds is 2. The molecule has 9 heteroatoms. The number of hydrogen-bond donors (Lipinski definition) is 0. The van der Waals surface area contributed by atoms with Gasteiger partial charge in [-0.15, -0.1) is 0 Å². The quantitative estimate of drug-likeness (QED) is 0.307. The number of aromatic nitrogens is 1. The van der Waals surface area contributed by atoms with Gasteiger partial charge in [-0.25, -0.2) is 9.37 Å². The smallest absolute Gasteiger partial charge is 0.322 e. The summed E-state index contributed by atoms with van der Waals surface area (Å²) in [7, 11) is 0. The van der Waals surface area contributed by atoms with E-state index in [1.807, 2.05) is 0 Å². The fourth-order valence-corrected chi connectivity index (χ4v) is 4.07. The molecule has 0 fully saturated rings. The third-order valence-electron chi connectivity index (χ3n) is 5.14. The highest BCUT2D eigenvalue weighted by atomic mass is 79.9. The van der Waals surface area contributed by atoms with Crippen LogP contribution in [-0.4, -0.2) is 17.6 Å². The van der Waals surface area contributed by atoms with Gasteiger partial charge < -0.3 is 4.90 Å². The van der Waals surface area contributed by atoms with E-state index < -0.39 is 23.5 Å². The first-order chi connectivity index (χ1) is 14.6. The van der Waals surface area contributed by atoms with Gasteiger partial charge in [0.1, 0.15) is 17.1 Å². The largest absolute Gasteiger partial charge is 0.416 e. The molecule has 0 saturated carbocycles. The molecule has 0 bridgehead atoms. The number of amides is 1. The van der Waals surface area contributed by atoms with Crippen molar-refractivity contribution in [3.8, 4) is 0 Å². The van der Waals surface area contributed by atoms with Gasteiger partial charge in [0.2, 0.25) is 0 Å². The zero-order valence-electron chi connectivity index (χ0n) is 16.5. The first-order valence-corrected chi connectivity index (χ1v) is 10.1. The molecule has 1 amide bonds. The summed E-state index contributed by atoms with van der Waals surface area (Å²) in [6.07, 6.45) is -4.59. The normalized spacial score (nSPS) is 14.1. The highest BCUT2D eigenvalue weighted by Gasteiger charge is 2.37. The number of nitrogens with zero attached hydrogens (tertiary/aromatic N) is 3. The molecule has 0 N–H and O–H groups in total. The highest BCUT2D eigenvalue weighted by molar-refractivity contribution is 9.10. The lowest BCUT2D eigenvalue weighted by Crippen LogP contribution is -2.45. The Balaban J connectivity index is 1.92. The average molecular weight is 494 g/mol. The highest BCUT2D eigenvalue weighted by Crippen LogP contribution is 2.40. The standard InChI is InChI=1S/C22H16BrF4N3O/c1-12-9-15(24)4-6-17(12)29-11-30(18-7-8-20(23)28-13(18)2)21(31)16-10-14(22(25,26)27)3-5-19(16)29/h3-10H,11H2,1-2H3. The van der Waals surface area contributed by atoms with Crippen molar-refractivity contribution in [2.24, 2.45) is 0 Å². The van der Waals surface area contributed by atoms with E-state index >= 15 is 0 Å². The van der Waals surface area contributed by atoms with Crippen molar-refractivity contribution in [2.75, 3.05) is 16.5 Å². The molecule has 2 aromatic carbocycles. The van der Waals surface area contributed by atoms with Crippen molar-refractivity contribution in [1.29, 1.82) is 0 Å². The zero-order chi connectivity index (χ0) is 22.5. The first kappa shape index (κ1) is 21.3. The molecule has 0 spiro atoms. The Morgan fingerprint density at radius 3 is 2.26 bits per heavy atom. The predicted octanol–water partition coefficient (Wildman–Crippen LogP) is 6.37. The molecule has 2 heterocycles. The summed E-state index contributed by atoms with van der Waals surface area (Å²) in [6.45, 7) is 3.45. The topological polar surface area (TPSA) is 36.4 Å². The van der Waals surface area contributed by atoms with Crippen LogP contribution in [0.3, 0.4) is 0 Å². The van der Waals surface area contributed by atoms with Crippen molar-refractivity contribution in [1.82, 2.24) is 4.98 Å². The van der Waals surface area contributed by atoms with Gasteiger partial charge in [0, 0.05) is 5.69 Å². The van der Waals surface area contributed by atoms with Gasteiger partial charge in [-0.05, 0) is 83.9 Å². The van der Waals surface area contributed by atoms with Crippen LogP contribution in [0.2, 0.25) is 0 Å². The molecule has 3 aromatic rings. The van der Waals surface area contributed by atoms with Crippen LogP contribution in [0.1, 0.15) is 27.2 Å². The van der Waals surface area contributed by atoms with E-state index in [0.717, 1.165) is 12.1 Å². The molecule has 1 aliphatic rings. The van der Waals surface area contributed by atoms with Gasteiger partial charge in [-0.3, -0.25) is 9.69 Å². The van der Waals surface area contributed by atoms with Gasteiger partial charge in [-0.1, -0.05) is 0 Å². The van der Waals surface area contributed by atoms with Gasteiger partial charge in [0.05, 0.1) is 28.2 Å². The minimum atomic E-state index is -4.59. The van der Waals surface area contributed by atoms with Gasteiger partial charge in [-0.2, -0.15) is 13.2 Å². The van der Waals surface area contributed by atoms with Crippen LogP contribution < -0.4 is 9.80 Å². The number of aryl methyl sites for hydroxylation is 2. The Labute approximate surface area is 184 Å². The second-order valence-corrected chi connectivity index (χ2v) is 8.01. The van der Waals surface area contributed by atoms with Gasteiger partial charge in [0.15, 0.2) is 0 Å². The SMILES string of the molecule is Cc1cc(F)ccc1N1CN(c2ccc(Br)nc2C)C(=O)c2cc(C(F)(F)F)ccc21. The maximum absolute atomic E-state index is 13.7. The Morgan fingerprint density at radius 2 is 1.61 bits per heavy atom. The molecule has 4 rings (SSSR count). The minimum Gasteiger partial charge on any atom is -0.322 e. The summed E-state index contributed by atoms with van der Waals surface area (Å²) in [5.41, 5.74) is 1.50. The number of hydrogen-bond acceptors (Lipinski definition) is 3. The number of alkyl halides is 3. The Hall–Kier alpha value is -2.94. The van der Waals surface area contributed by atoms with E-state index in [1.165, 1.54) is 23.1 Å². The van der Waals surface area contributed by atoms with E-state index in [0.29, 0.717) is 32.9 Å². The summed E-state index contributed by atoms with van der Waals surface area (Å²) in [4.78, 5) is 20.7. The van der Waals surface area contributed by atoms with Crippen molar-refractivity contribution in [2.45, 2.75) is 20.0 Å². The van der Waals surface area contributed by atoms with Crippen LogP contribution in [0.25, 0.3) is 0 Å². The van der Waals surface area contributed by atoms with Crippen LogP contribution in [-0.2, 0) is 6.18 Å². The number of carbonyl (C=O) groups is 1. The summed E-state index contributed by atoms with van der Waals surface area (Å²) in [5, 5.41) is 0. The Kier molecular flexibility index (Phi) is 5.25. The monoisotopic (exact) mass is 493 g/mol. The van der Waals surface area contributed by atoms with Crippen LogP contribution in [0.4, 0.5) is 34.6 Å². The molecule has 0 aliphatic carbocycles. The van der Waals surface area contributed by atoms with E-state index in [2.05, 4.69) is 20.9 Å². The molecular weight excluding hydrogens is 478 g/mol. The van der Waals surface area contributed by atoms with E-state index in [-0.39, 0.29) is 12.2 Å². The van der Waals surface area contributed by atoms with Gasteiger partial charge in [0.25, 0.3) is 5.91 Å². The summed E-state index contributed by atoms with van der Waals surface area (Å²) in [5.74, 6) is -0.990. The van der Waals surface area contributed by atoms with E-state index in [1.54, 1.807) is 36.9 Å². The van der Waals surface area contributed by atoms with Crippen molar-refractivity contribution in [3.63, 3.8) is 0 Å². The molecule has 4 nitrogen and oxygen atoms in total. The summed E-state index contributed by atoms with van der Waals surface area (Å²) >= 11 is 3.27. The number of halogens is 5. The lowest BCUT2D eigenvalue weighted by Gasteiger charge is -2.39. The number of carbonyl (C=O) groups excluding carboxylic acids is 1. The first-order valence-electron chi connectivity index (χ1n) is 9.26. The molecule has 0 unspecified atom stereocenters. The van der Waals surface area contributed by atoms with Crippen LogP contribution in [0, 0.1) is 19.7 Å². The number of pyridine rings is 1. The lowest BCUT2D eigenvalue weighted by atomic mass is 10.0. The summed E-state index contributed by atoms with van der Waals surface area (Å²) in [6, 6.07) is 10.6. The third kappa shape index (κ3) is 3.89. The molecule has 0 saturated heterocycles. The van der Waals surface area contributed by atoms with Gasteiger partial charge >= 0.3 is 6.18 Å². The fourth-order valence-electron chi connectivity index (χ4n) is 3.67. The van der Waals surface area contributed by atoms with Crippen molar-refractivity contribution >= 4 is 38.9 Å². The Morgan fingerprint density at radius 1 is 0.935 bits per heavy atom. The molecule has 0 atom stereocenters. The van der Waals surface area contributed by atoms with E-state index in [9.17, 15) is 22.4 Å². The molecule has 1 aromatic heterocycles. The maximum atomic E-state index is 13.7. The third-order valence-corrected chi connectivity index (χ3v) is 5.58. The molecule has 0 radical (unpaired) electrons. The fraction of sp³-hybridized carbons (Fsp3) is 0.182. The number of fused-ring (bicyclic) bond motifs is 1. The predicted molar refractivity (Wildman–Crippen MR) is 113 cm³/mol. The lowest BCUT2D eigenvalue weighted by molar-refractivity contribution is -0.137. The van der Waals surface area contributed by atoms with Crippen molar-refractivity contribution < 1.29 is 22.4 Å². The molecule has 160 valence electrons. The van der Waals surface area contributed by atoms with Crippen LogP contribution >= 0.6 is 15.9 Å². The van der Waals surface area contributed by atoms with Crippen LogP contribution in [0.15, 0.2) is 53.1 Å².